The second kappa shape index (κ2) is 6.53. The summed E-state index contributed by atoms with van der Waals surface area (Å²) in [5.41, 5.74) is 2.37. The molecule has 2 nitrogen and oxygen atoms in total. The van der Waals surface area contributed by atoms with Crippen molar-refractivity contribution in [2.45, 2.75) is 64.6 Å². The Morgan fingerprint density at radius 1 is 1.16 bits per heavy atom. The fourth-order valence-corrected chi connectivity index (χ4v) is 3.12. The molecule has 1 aromatic rings. The molecule has 3 atom stereocenters. The number of aryl methyl sites for hydroxylation is 1. The number of aliphatic hydroxyl groups excluding tert-OH is 1. The van der Waals surface area contributed by atoms with Crippen LogP contribution >= 0.6 is 0 Å². The van der Waals surface area contributed by atoms with Crippen molar-refractivity contribution in [3.63, 3.8) is 0 Å². The Balaban J connectivity index is 2.00. The van der Waals surface area contributed by atoms with Gasteiger partial charge in [-0.2, -0.15) is 0 Å². The molecule has 0 saturated carbocycles. The summed E-state index contributed by atoms with van der Waals surface area (Å²) in [7, 11) is 0. The lowest BCUT2D eigenvalue weighted by molar-refractivity contribution is 0.0412. The first kappa shape index (κ1) is 14.5. The fraction of sp³-hybridized carbons (Fsp3) is 0.647. The molecule has 1 fully saturated rings. The molecule has 0 radical (unpaired) electrons. The highest BCUT2D eigenvalue weighted by Crippen LogP contribution is 2.25. The Labute approximate surface area is 117 Å². The Kier molecular flexibility index (Phi) is 5.00. The minimum atomic E-state index is -0.367. The van der Waals surface area contributed by atoms with Gasteiger partial charge in [-0.1, -0.05) is 37.6 Å². The van der Waals surface area contributed by atoms with Crippen molar-refractivity contribution in [3.05, 3.63) is 35.4 Å². The highest BCUT2D eigenvalue weighted by atomic mass is 16.3. The van der Waals surface area contributed by atoms with E-state index in [0.717, 1.165) is 18.5 Å². The first-order chi connectivity index (χ1) is 9.11. The molecule has 0 aromatic heterocycles. The summed E-state index contributed by atoms with van der Waals surface area (Å²) in [6, 6.07) is 9.58. The summed E-state index contributed by atoms with van der Waals surface area (Å²) in [6.45, 7) is 7.47. The van der Waals surface area contributed by atoms with Crippen molar-refractivity contribution in [2.24, 2.45) is 0 Å². The van der Waals surface area contributed by atoms with Gasteiger partial charge in [0.1, 0.15) is 0 Å². The number of likely N-dealkylation sites (tertiary alicyclic amines) is 1. The van der Waals surface area contributed by atoms with E-state index in [9.17, 15) is 5.11 Å². The van der Waals surface area contributed by atoms with Crippen molar-refractivity contribution < 1.29 is 5.11 Å². The Hall–Kier alpha value is -0.860. The van der Waals surface area contributed by atoms with Gasteiger partial charge >= 0.3 is 0 Å². The predicted octanol–water partition coefficient (Wildman–Crippen LogP) is 3.55. The molecule has 1 aromatic carbocycles. The number of hydrogen-bond donors (Lipinski definition) is 1. The molecule has 1 heterocycles. The van der Waals surface area contributed by atoms with Crippen LogP contribution in [0.1, 0.15) is 57.3 Å². The van der Waals surface area contributed by atoms with E-state index >= 15 is 0 Å². The van der Waals surface area contributed by atoms with Gasteiger partial charge in [-0.15, -0.1) is 0 Å². The van der Waals surface area contributed by atoms with Crippen LogP contribution in [0, 0.1) is 0 Å². The van der Waals surface area contributed by atoms with Gasteiger partial charge in [0.05, 0.1) is 6.10 Å². The number of rotatable bonds is 4. The van der Waals surface area contributed by atoms with E-state index < -0.39 is 0 Å². The lowest BCUT2D eigenvalue weighted by Crippen LogP contribution is -2.45. The average Bonchev–Trinajstić information content (AvgIpc) is 2.43. The topological polar surface area (TPSA) is 23.5 Å². The molecule has 0 aliphatic carbocycles. The first-order valence-corrected chi connectivity index (χ1v) is 7.64. The minimum Gasteiger partial charge on any atom is -0.387 e. The molecule has 106 valence electrons. The maximum atomic E-state index is 10.4. The number of piperidine rings is 1. The summed E-state index contributed by atoms with van der Waals surface area (Å²) in [6.07, 6.45) is 4.52. The van der Waals surface area contributed by atoms with Crippen LogP contribution in [0.25, 0.3) is 0 Å². The van der Waals surface area contributed by atoms with E-state index in [0.29, 0.717) is 12.1 Å². The zero-order chi connectivity index (χ0) is 13.8. The molecule has 2 rings (SSSR count). The Morgan fingerprint density at radius 2 is 1.74 bits per heavy atom. The second-order valence-corrected chi connectivity index (χ2v) is 5.94. The van der Waals surface area contributed by atoms with Gasteiger partial charge in [0.25, 0.3) is 0 Å². The molecule has 0 spiro atoms. The molecular weight excluding hydrogens is 234 g/mol. The van der Waals surface area contributed by atoms with Gasteiger partial charge in [-0.05, 0) is 44.2 Å². The number of nitrogens with zero attached hydrogens (tertiary/aromatic N) is 1. The number of benzene rings is 1. The molecule has 3 unspecified atom stereocenters. The van der Waals surface area contributed by atoms with E-state index in [2.05, 4.69) is 49.9 Å². The lowest BCUT2D eigenvalue weighted by Gasteiger charge is -2.40. The highest BCUT2D eigenvalue weighted by Gasteiger charge is 2.26. The predicted molar refractivity (Wildman–Crippen MR) is 80.3 cm³/mol. The zero-order valence-electron chi connectivity index (χ0n) is 12.5. The molecule has 1 N–H and O–H groups in total. The number of β-amino-alcohol motifs (C(OH)–C–C–N with tert-alkyl or cyclic N) is 1. The van der Waals surface area contributed by atoms with Crippen LogP contribution in [0.3, 0.4) is 0 Å². The van der Waals surface area contributed by atoms with Gasteiger partial charge in [0, 0.05) is 18.6 Å². The van der Waals surface area contributed by atoms with E-state index in [4.69, 9.17) is 0 Å². The number of hydrogen-bond acceptors (Lipinski definition) is 2. The van der Waals surface area contributed by atoms with Crippen molar-refractivity contribution in [1.29, 1.82) is 0 Å². The van der Waals surface area contributed by atoms with Crippen molar-refractivity contribution in [2.75, 3.05) is 6.54 Å². The van der Waals surface area contributed by atoms with Gasteiger partial charge < -0.3 is 5.11 Å². The monoisotopic (exact) mass is 261 g/mol. The normalized spacial score (nSPS) is 26.3. The molecule has 0 amide bonds. The molecule has 1 aliphatic heterocycles. The van der Waals surface area contributed by atoms with Gasteiger partial charge in [0.2, 0.25) is 0 Å². The van der Waals surface area contributed by atoms with E-state index in [1.54, 1.807) is 0 Å². The summed E-state index contributed by atoms with van der Waals surface area (Å²) in [5.74, 6) is 0. The van der Waals surface area contributed by atoms with Crippen LogP contribution in [-0.2, 0) is 6.42 Å². The zero-order valence-corrected chi connectivity index (χ0v) is 12.5. The van der Waals surface area contributed by atoms with Gasteiger partial charge in [-0.25, -0.2) is 0 Å². The third-order valence-corrected chi connectivity index (χ3v) is 4.53. The van der Waals surface area contributed by atoms with E-state index in [1.165, 1.54) is 24.8 Å². The number of aliphatic hydroxyl groups is 1. The SMILES string of the molecule is CCc1ccc(C(O)CN2C(C)CCCC2C)cc1. The molecule has 1 aliphatic rings. The van der Waals surface area contributed by atoms with E-state index in [-0.39, 0.29) is 6.10 Å². The van der Waals surface area contributed by atoms with Crippen LogP contribution in [0.4, 0.5) is 0 Å². The van der Waals surface area contributed by atoms with Crippen molar-refractivity contribution >= 4 is 0 Å². The standard InChI is InChI=1S/C17H27NO/c1-4-15-8-10-16(11-9-15)17(19)12-18-13(2)6-5-7-14(18)3/h8-11,13-14,17,19H,4-7,12H2,1-3H3. The smallest absolute Gasteiger partial charge is 0.0917 e. The third kappa shape index (κ3) is 3.58. The van der Waals surface area contributed by atoms with Crippen LogP contribution in [0.5, 0.6) is 0 Å². The molecular formula is C17H27NO. The van der Waals surface area contributed by atoms with Crippen molar-refractivity contribution in [3.8, 4) is 0 Å². The molecule has 0 bridgehead atoms. The Bertz CT molecular complexity index is 377. The van der Waals surface area contributed by atoms with Gasteiger partial charge in [0.15, 0.2) is 0 Å². The molecule has 1 saturated heterocycles. The summed E-state index contributed by atoms with van der Waals surface area (Å²) in [5, 5.41) is 10.4. The summed E-state index contributed by atoms with van der Waals surface area (Å²) < 4.78 is 0. The third-order valence-electron chi connectivity index (χ3n) is 4.53. The minimum absolute atomic E-state index is 0.367. The lowest BCUT2D eigenvalue weighted by atomic mass is 9.96. The fourth-order valence-electron chi connectivity index (χ4n) is 3.12. The summed E-state index contributed by atoms with van der Waals surface area (Å²) in [4.78, 5) is 2.46. The maximum absolute atomic E-state index is 10.4. The average molecular weight is 261 g/mol. The van der Waals surface area contributed by atoms with Crippen LogP contribution in [0.15, 0.2) is 24.3 Å². The largest absolute Gasteiger partial charge is 0.387 e. The first-order valence-electron chi connectivity index (χ1n) is 7.64. The molecule has 19 heavy (non-hydrogen) atoms. The Morgan fingerprint density at radius 3 is 2.26 bits per heavy atom. The molecule has 2 heteroatoms. The maximum Gasteiger partial charge on any atom is 0.0917 e. The highest BCUT2D eigenvalue weighted by molar-refractivity contribution is 5.24. The summed E-state index contributed by atoms with van der Waals surface area (Å²) >= 11 is 0. The van der Waals surface area contributed by atoms with Crippen LogP contribution in [-0.4, -0.2) is 28.6 Å². The van der Waals surface area contributed by atoms with Crippen molar-refractivity contribution in [1.82, 2.24) is 4.90 Å². The van der Waals surface area contributed by atoms with Crippen LogP contribution < -0.4 is 0 Å². The van der Waals surface area contributed by atoms with Gasteiger partial charge in [-0.3, -0.25) is 4.90 Å². The quantitative estimate of drug-likeness (QED) is 0.896. The second-order valence-electron chi connectivity index (χ2n) is 5.94. The van der Waals surface area contributed by atoms with Crippen LogP contribution in [0.2, 0.25) is 0 Å². The van der Waals surface area contributed by atoms with E-state index in [1.807, 2.05) is 0 Å².